The lowest BCUT2D eigenvalue weighted by atomic mass is 10.0. The van der Waals surface area contributed by atoms with Crippen LogP contribution in [0.5, 0.6) is 0 Å². The van der Waals surface area contributed by atoms with E-state index in [9.17, 15) is 9.59 Å². The summed E-state index contributed by atoms with van der Waals surface area (Å²) < 4.78 is 2.39. The van der Waals surface area contributed by atoms with Gasteiger partial charge in [-0.3, -0.25) is 14.2 Å². The number of benzene rings is 2. The first-order valence-electron chi connectivity index (χ1n) is 8.93. The van der Waals surface area contributed by atoms with E-state index in [1.165, 1.54) is 22.2 Å². The van der Waals surface area contributed by atoms with Crippen LogP contribution in [0.15, 0.2) is 70.2 Å². The Hall–Kier alpha value is -2.57. The number of thiophene rings is 1. The number of fused-ring (bicyclic) bond motifs is 1. The molecule has 0 atom stereocenters. The van der Waals surface area contributed by atoms with Crippen LogP contribution >= 0.6 is 27.3 Å². The van der Waals surface area contributed by atoms with Gasteiger partial charge in [0.2, 0.25) is 0 Å². The Morgan fingerprint density at radius 2 is 1.82 bits per heavy atom. The Labute approximate surface area is 174 Å². The zero-order valence-electron chi connectivity index (χ0n) is 15.2. The van der Waals surface area contributed by atoms with Crippen molar-refractivity contribution in [2.24, 2.45) is 0 Å². The van der Waals surface area contributed by atoms with Gasteiger partial charge in [0.05, 0.1) is 18.3 Å². The quantitative estimate of drug-likeness (QED) is 0.384. The molecule has 0 saturated carbocycles. The largest absolute Gasteiger partial charge is 0.292 e. The molecule has 0 N–H and O–H groups in total. The Balaban J connectivity index is 1.84. The molecule has 2 aromatic carbocycles. The van der Waals surface area contributed by atoms with Crippen molar-refractivity contribution in [2.75, 3.05) is 0 Å². The topological polar surface area (TPSA) is 52.0 Å². The maximum atomic E-state index is 13.3. The number of halogens is 1. The zero-order chi connectivity index (χ0) is 19.7. The molecule has 0 spiro atoms. The Morgan fingerprint density at radius 1 is 1.11 bits per heavy atom. The predicted molar refractivity (Wildman–Crippen MR) is 117 cm³/mol. The number of carbonyl (C=O) groups is 1. The monoisotopic (exact) mass is 452 g/mol. The van der Waals surface area contributed by atoms with Crippen molar-refractivity contribution in [1.82, 2.24) is 9.55 Å². The van der Waals surface area contributed by atoms with Gasteiger partial charge in [0.15, 0.2) is 5.78 Å². The van der Waals surface area contributed by atoms with Crippen molar-refractivity contribution in [2.45, 2.75) is 19.9 Å². The number of aryl methyl sites for hydroxylation is 1. The van der Waals surface area contributed by atoms with Crippen LogP contribution in [0.1, 0.15) is 22.2 Å². The fourth-order valence-corrected chi connectivity index (χ4v) is 4.58. The maximum absolute atomic E-state index is 13.3. The number of hydrogen-bond donors (Lipinski definition) is 0. The van der Waals surface area contributed by atoms with Gasteiger partial charge in [0.25, 0.3) is 5.56 Å². The summed E-state index contributed by atoms with van der Waals surface area (Å²) in [4.78, 5) is 32.1. The number of ketones is 1. The molecule has 28 heavy (non-hydrogen) atoms. The van der Waals surface area contributed by atoms with E-state index < -0.39 is 0 Å². The van der Waals surface area contributed by atoms with Gasteiger partial charge in [0.1, 0.15) is 4.83 Å². The molecule has 6 heteroatoms. The summed E-state index contributed by atoms with van der Waals surface area (Å²) in [5.41, 5.74) is 2.32. The summed E-state index contributed by atoms with van der Waals surface area (Å²) in [5.74, 6) is -0.111. The Morgan fingerprint density at radius 3 is 2.50 bits per heavy atom. The van der Waals surface area contributed by atoms with E-state index in [1.807, 2.05) is 42.5 Å². The van der Waals surface area contributed by atoms with E-state index >= 15 is 0 Å². The number of hydrogen-bond acceptors (Lipinski definition) is 4. The highest BCUT2D eigenvalue weighted by molar-refractivity contribution is 9.10. The lowest BCUT2D eigenvalue weighted by molar-refractivity contribution is 0.0970. The van der Waals surface area contributed by atoms with Crippen LogP contribution in [0.3, 0.4) is 0 Å². The van der Waals surface area contributed by atoms with E-state index in [1.54, 1.807) is 12.1 Å². The molecule has 140 valence electrons. The minimum absolute atomic E-state index is 0.0249. The highest BCUT2D eigenvalue weighted by atomic mass is 79.9. The number of carbonyl (C=O) groups excluding carboxylic acids is 1. The molecule has 2 heterocycles. The van der Waals surface area contributed by atoms with E-state index in [2.05, 4.69) is 27.8 Å². The number of Topliss-reactive ketones (excluding diaryl/α,β-unsaturated/α-hetero) is 1. The van der Waals surface area contributed by atoms with Crippen LogP contribution in [-0.4, -0.2) is 15.3 Å². The summed E-state index contributed by atoms with van der Waals surface area (Å²) in [7, 11) is 0. The van der Waals surface area contributed by atoms with Crippen molar-refractivity contribution < 1.29 is 4.79 Å². The lowest BCUT2D eigenvalue weighted by Crippen LogP contribution is -2.24. The molecule has 4 rings (SSSR count). The second kappa shape index (κ2) is 7.81. The van der Waals surface area contributed by atoms with Crippen LogP contribution in [0.2, 0.25) is 0 Å². The number of aromatic nitrogens is 2. The Kier molecular flexibility index (Phi) is 5.24. The van der Waals surface area contributed by atoms with Crippen LogP contribution in [0, 0.1) is 0 Å². The standard InChI is InChI=1S/C22H17BrN2O2S/c1-2-18-19(15-8-10-16(23)11-9-15)20-21(28-18)24-13-25(22(20)27)12-17(26)14-6-4-3-5-7-14/h3-11,13H,2,12H2,1H3. The minimum atomic E-state index is -0.178. The SMILES string of the molecule is CCc1sc2ncn(CC(=O)c3ccccc3)c(=O)c2c1-c1ccc(Br)cc1. The molecule has 4 nitrogen and oxygen atoms in total. The molecule has 0 aliphatic rings. The summed E-state index contributed by atoms with van der Waals surface area (Å²) in [6.45, 7) is 2.05. The van der Waals surface area contributed by atoms with E-state index in [0.717, 1.165) is 26.9 Å². The van der Waals surface area contributed by atoms with Gasteiger partial charge in [0, 0.05) is 20.5 Å². The summed E-state index contributed by atoms with van der Waals surface area (Å²) in [6.07, 6.45) is 2.29. The van der Waals surface area contributed by atoms with Crippen molar-refractivity contribution in [3.05, 3.63) is 86.2 Å². The summed E-state index contributed by atoms with van der Waals surface area (Å²) in [5, 5.41) is 0.590. The fraction of sp³-hybridized carbons (Fsp3) is 0.136. The average Bonchev–Trinajstić information content (AvgIpc) is 3.11. The molecule has 0 amide bonds. The van der Waals surface area contributed by atoms with Crippen molar-refractivity contribution >= 4 is 43.3 Å². The first kappa shape index (κ1) is 18.8. The first-order chi connectivity index (χ1) is 13.6. The van der Waals surface area contributed by atoms with E-state index in [4.69, 9.17) is 0 Å². The molecule has 0 unspecified atom stereocenters. The highest BCUT2D eigenvalue weighted by Crippen LogP contribution is 2.36. The normalized spacial score (nSPS) is 11.1. The third-order valence-electron chi connectivity index (χ3n) is 4.62. The third kappa shape index (κ3) is 3.45. The van der Waals surface area contributed by atoms with Crippen LogP contribution in [-0.2, 0) is 13.0 Å². The molecule has 0 fully saturated rings. The molecule has 2 aromatic heterocycles. The molecule has 4 aromatic rings. The second-order valence-corrected chi connectivity index (χ2v) is 8.41. The first-order valence-corrected chi connectivity index (χ1v) is 10.5. The summed E-state index contributed by atoms with van der Waals surface area (Å²) in [6, 6.07) is 16.9. The Bertz CT molecular complexity index is 1210. The van der Waals surface area contributed by atoms with E-state index in [0.29, 0.717) is 15.8 Å². The molecule has 0 radical (unpaired) electrons. The maximum Gasteiger partial charge on any atom is 0.263 e. The third-order valence-corrected chi connectivity index (χ3v) is 6.39. The van der Waals surface area contributed by atoms with Crippen LogP contribution in [0.25, 0.3) is 21.3 Å². The van der Waals surface area contributed by atoms with Gasteiger partial charge in [-0.05, 0) is 24.1 Å². The van der Waals surface area contributed by atoms with Crippen molar-refractivity contribution in [3.63, 3.8) is 0 Å². The van der Waals surface area contributed by atoms with Gasteiger partial charge in [-0.15, -0.1) is 11.3 Å². The van der Waals surface area contributed by atoms with Crippen LogP contribution in [0.4, 0.5) is 0 Å². The van der Waals surface area contributed by atoms with Crippen LogP contribution < -0.4 is 5.56 Å². The predicted octanol–water partition coefficient (Wildman–Crippen LogP) is 5.33. The number of rotatable bonds is 5. The van der Waals surface area contributed by atoms with E-state index in [-0.39, 0.29) is 17.9 Å². The molecule has 0 bridgehead atoms. The lowest BCUT2D eigenvalue weighted by Gasteiger charge is -2.07. The molecule has 0 aliphatic heterocycles. The fourth-order valence-electron chi connectivity index (χ4n) is 3.23. The van der Waals surface area contributed by atoms with Gasteiger partial charge in [-0.25, -0.2) is 4.98 Å². The van der Waals surface area contributed by atoms with Gasteiger partial charge in [-0.1, -0.05) is 65.3 Å². The minimum Gasteiger partial charge on any atom is -0.292 e. The molecule has 0 saturated heterocycles. The molecular weight excluding hydrogens is 436 g/mol. The molecular formula is C22H17BrN2O2S. The summed E-state index contributed by atoms with van der Waals surface area (Å²) >= 11 is 5.00. The van der Waals surface area contributed by atoms with Gasteiger partial charge < -0.3 is 0 Å². The van der Waals surface area contributed by atoms with Crippen molar-refractivity contribution in [3.8, 4) is 11.1 Å². The second-order valence-electron chi connectivity index (χ2n) is 6.41. The van der Waals surface area contributed by atoms with Gasteiger partial charge >= 0.3 is 0 Å². The number of nitrogens with zero attached hydrogens (tertiary/aromatic N) is 2. The van der Waals surface area contributed by atoms with Crippen molar-refractivity contribution in [1.29, 1.82) is 0 Å². The smallest absolute Gasteiger partial charge is 0.263 e. The average molecular weight is 453 g/mol. The highest BCUT2D eigenvalue weighted by Gasteiger charge is 2.19. The molecule has 0 aliphatic carbocycles. The van der Waals surface area contributed by atoms with Gasteiger partial charge in [-0.2, -0.15) is 0 Å². The zero-order valence-corrected chi connectivity index (χ0v) is 17.6.